The predicted octanol–water partition coefficient (Wildman–Crippen LogP) is 4.30. The number of hydrogen-bond donors (Lipinski definition) is 5. The third-order valence-corrected chi connectivity index (χ3v) is 6.38. The lowest BCUT2D eigenvalue weighted by Crippen LogP contribution is -2.49. The monoisotopic (exact) mass is 428 g/mol. The fraction of sp³-hybridized carbons (Fsp3) is 0.520. The molecule has 1 aliphatic rings. The molecule has 6 heteroatoms. The minimum absolute atomic E-state index is 0.0254. The molecular formula is C25H36N2O4. The van der Waals surface area contributed by atoms with E-state index in [9.17, 15) is 20.4 Å². The summed E-state index contributed by atoms with van der Waals surface area (Å²) in [6, 6.07) is 7.25. The van der Waals surface area contributed by atoms with Crippen LogP contribution in [0.25, 0.3) is 0 Å². The largest absolute Gasteiger partial charge is 0.508 e. The van der Waals surface area contributed by atoms with Gasteiger partial charge in [-0.15, -0.1) is 0 Å². The number of unbranched alkanes of at least 4 members (excludes halogenated alkanes) is 3. The Morgan fingerprint density at radius 2 is 1.74 bits per heavy atom. The summed E-state index contributed by atoms with van der Waals surface area (Å²) in [4.78, 5) is 0. The highest BCUT2D eigenvalue weighted by molar-refractivity contribution is 5.50. The summed E-state index contributed by atoms with van der Waals surface area (Å²) in [7, 11) is 0. The van der Waals surface area contributed by atoms with Crippen molar-refractivity contribution in [1.82, 2.24) is 10.4 Å². The van der Waals surface area contributed by atoms with Crippen LogP contribution in [-0.4, -0.2) is 44.6 Å². The first kappa shape index (κ1) is 23.2. The van der Waals surface area contributed by atoms with Crippen LogP contribution in [0.2, 0.25) is 0 Å². The van der Waals surface area contributed by atoms with Crippen LogP contribution < -0.4 is 5.43 Å². The van der Waals surface area contributed by atoms with Crippen molar-refractivity contribution < 1.29 is 20.4 Å². The van der Waals surface area contributed by atoms with Crippen LogP contribution in [0.15, 0.2) is 24.3 Å². The average Bonchev–Trinajstić information content (AvgIpc) is 2.76. The Balaban J connectivity index is 1.64. The molecule has 0 amide bonds. The summed E-state index contributed by atoms with van der Waals surface area (Å²) in [6.45, 7) is 5.57. The van der Waals surface area contributed by atoms with E-state index in [-0.39, 0.29) is 23.0 Å². The van der Waals surface area contributed by atoms with Crippen LogP contribution in [0.5, 0.6) is 23.0 Å². The summed E-state index contributed by atoms with van der Waals surface area (Å²) in [5.41, 5.74) is 6.95. The van der Waals surface area contributed by atoms with Gasteiger partial charge < -0.3 is 20.4 Å². The smallest absolute Gasteiger partial charge is 0.160 e. The molecule has 0 bridgehead atoms. The van der Waals surface area contributed by atoms with Crippen LogP contribution in [0, 0.1) is 6.92 Å². The SMILES string of the molecule is CCCCCCN(NCCc1cc(O)c(C)c(O)c1)C1CCc2c(ccc(O)c2O)C1. The molecule has 0 aliphatic heterocycles. The third kappa shape index (κ3) is 5.83. The van der Waals surface area contributed by atoms with Crippen molar-refractivity contribution in [1.29, 1.82) is 0 Å². The van der Waals surface area contributed by atoms with Crippen molar-refractivity contribution in [2.75, 3.05) is 13.1 Å². The molecule has 0 fully saturated rings. The summed E-state index contributed by atoms with van der Waals surface area (Å²) < 4.78 is 0. The normalized spacial score (nSPS) is 15.9. The van der Waals surface area contributed by atoms with Gasteiger partial charge in [-0.1, -0.05) is 32.3 Å². The molecular weight excluding hydrogens is 392 g/mol. The first-order chi connectivity index (χ1) is 14.9. The van der Waals surface area contributed by atoms with E-state index in [4.69, 9.17) is 0 Å². The second-order valence-corrected chi connectivity index (χ2v) is 8.64. The van der Waals surface area contributed by atoms with Crippen molar-refractivity contribution in [3.8, 4) is 23.0 Å². The number of phenolic OH excluding ortho intramolecular Hbond substituents is 4. The average molecular weight is 429 g/mol. The quantitative estimate of drug-likeness (QED) is 0.220. The van der Waals surface area contributed by atoms with Crippen LogP contribution in [0.1, 0.15) is 61.3 Å². The lowest BCUT2D eigenvalue weighted by Gasteiger charge is -2.36. The number of rotatable bonds is 10. The minimum Gasteiger partial charge on any atom is -0.508 e. The highest BCUT2D eigenvalue weighted by Gasteiger charge is 2.26. The van der Waals surface area contributed by atoms with E-state index in [2.05, 4.69) is 17.4 Å². The third-order valence-electron chi connectivity index (χ3n) is 6.38. The highest BCUT2D eigenvalue weighted by Crippen LogP contribution is 2.36. The van der Waals surface area contributed by atoms with E-state index in [0.717, 1.165) is 48.9 Å². The zero-order valence-corrected chi connectivity index (χ0v) is 18.7. The van der Waals surface area contributed by atoms with Gasteiger partial charge in [-0.2, -0.15) is 0 Å². The van der Waals surface area contributed by atoms with E-state index in [1.165, 1.54) is 19.3 Å². The number of benzene rings is 2. The van der Waals surface area contributed by atoms with Crippen LogP contribution in [0.3, 0.4) is 0 Å². The molecule has 1 unspecified atom stereocenters. The Labute approximate surface area is 185 Å². The van der Waals surface area contributed by atoms with E-state index < -0.39 is 0 Å². The van der Waals surface area contributed by atoms with Gasteiger partial charge in [0.2, 0.25) is 0 Å². The van der Waals surface area contributed by atoms with Gasteiger partial charge in [0.25, 0.3) is 0 Å². The van der Waals surface area contributed by atoms with Gasteiger partial charge in [-0.3, -0.25) is 5.43 Å². The van der Waals surface area contributed by atoms with Crippen molar-refractivity contribution >= 4 is 0 Å². The van der Waals surface area contributed by atoms with E-state index >= 15 is 0 Å². The van der Waals surface area contributed by atoms with Crippen LogP contribution in [-0.2, 0) is 19.3 Å². The molecule has 2 aromatic rings. The molecule has 3 rings (SSSR count). The number of hydrogen-bond acceptors (Lipinski definition) is 6. The van der Waals surface area contributed by atoms with Crippen molar-refractivity contribution in [3.05, 3.63) is 46.5 Å². The maximum absolute atomic E-state index is 10.2. The molecule has 5 N–H and O–H groups in total. The van der Waals surface area contributed by atoms with Gasteiger partial charge >= 0.3 is 0 Å². The van der Waals surface area contributed by atoms with Crippen molar-refractivity contribution in [2.45, 2.75) is 71.3 Å². The van der Waals surface area contributed by atoms with Gasteiger partial charge in [0.1, 0.15) is 11.5 Å². The maximum Gasteiger partial charge on any atom is 0.160 e. The summed E-state index contributed by atoms with van der Waals surface area (Å²) in [5, 5.41) is 42.2. The Hall–Kier alpha value is -2.44. The van der Waals surface area contributed by atoms with E-state index in [0.29, 0.717) is 24.6 Å². The molecule has 1 atom stereocenters. The maximum atomic E-state index is 10.2. The summed E-state index contributed by atoms with van der Waals surface area (Å²) >= 11 is 0. The lowest BCUT2D eigenvalue weighted by molar-refractivity contribution is 0.109. The number of nitrogens with zero attached hydrogens (tertiary/aromatic N) is 1. The van der Waals surface area contributed by atoms with Gasteiger partial charge in [0.05, 0.1) is 0 Å². The molecule has 1 aliphatic carbocycles. The number of fused-ring (bicyclic) bond motifs is 1. The zero-order chi connectivity index (χ0) is 22.4. The number of aromatic hydroxyl groups is 4. The van der Waals surface area contributed by atoms with Gasteiger partial charge in [-0.25, -0.2) is 5.01 Å². The Morgan fingerprint density at radius 3 is 2.45 bits per heavy atom. The van der Waals surface area contributed by atoms with Gasteiger partial charge in [-0.05, 0) is 68.4 Å². The Morgan fingerprint density at radius 1 is 1.00 bits per heavy atom. The van der Waals surface area contributed by atoms with E-state index in [1.54, 1.807) is 25.1 Å². The second kappa shape index (κ2) is 10.7. The van der Waals surface area contributed by atoms with Gasteiger partial charge in [0, 0.05) is 30.3 Å². The molecule has 0 heterocycles. The first-order valence-electron chi connectivity index (χ1n) is 11.4. The molecule has 6 nitrogen and oxygen atoms in total. The van der Waals surface area contributed by atoms with Crippen molar-refractivity contribution in [3.63, 3.8) is 0 Å². The predicted molar refractivity (Wildman–Crippen MR) is 123 cm³/mol. The first-order valence-corrected chi connectivity index (χ1v) is 11.4. The summed E-state index contributed by atoms with van der Waals surface area (Å²) in [6.07, 6.45) is 7.94. The van der Waals surface area contributed by atoms with E-state index in [1.807, 2.05) is 6.07 Å². The molecule has 0 spiro atoms. The number of nitrogens with one attached hydrogen (secondary N) is 1. The summed E-state index contributed by atoms with van der Waals surface area (Å²) in [5.74, 6) is 0.227. The molecule has 0 radical (unpaired) electrons. The van der Waals surface area contributed by atoms with Crippen LogP contribution >= 0.6 is 0 Å². The standard InChI is InChI=1S/C25H36N2O4/c1-3-4-5-6-13-27(26-12-11-18-14-23(29)17(2)24(30)15-18)20-8-9-21-19(16-20)7-10-22(28)25(21)31/h7,10,14-15,20,26,28-31H,3-6,8-9,11-13,16H2,1-2H3. The molecule has 170 valence electrons. The molecule has 2 aromatic carbocycles. The zero-order valence-electron chi connectivity index (χ0n) is 18.7. The fourth-order valence-electron chi connectivity index (χ4n) is 4.40. The van der Waals surface area contributed by atoms with Crippen molar-refractivity contribution in [2.24, 2.45) is 0 Å². The minimum atomic E-state index is -0.0450. The molecule has 0 saturated heterocycles. The second-order valence-electron chi connectivity index (χ2n) is 8.64. The highest BCUT2D eigenvalue weighted by atomic mass is 16.3. The van der Waals surface area contributed by atoms with Gasteiger partial charge in [0.15, 0.2) is 11.5 Å². The Bertz CT molecular complexity index is 861. The number of hydrazine groups is 1. The molecule has 31 heavy (non-hydrogen) atoms. The lowest BCUT2D eigenvalue weighted by atomic mass is 9.87. The Kier molecular flexibility index (Phi) is 8.04. The fourth-order valence-corrected chi connectivity index (χ4v) is 4.40. The molecule has 0 saturated carbocycles. The topological polar surface area (TPSA) is 96.2 Å². The molecule has 0 aromatic heterocycles. The van der Waals surface area contributed by atoms with Crippen LogP contribution in [0.4, 0.5) is 0 Å². The number of phenols is 4.